The van der Waals surface area contributed by atoms with Crippen molar-refractivity contribution >= 4 is 5.78 Å². The fourth-order valence-corrected chi connectivity index (χ4v) is 2.06. The first-order chi connectivity index (χ1) is 6.79. The predicted octanol–water partition coefficient (Wildman–Crippen LogP) is 2.09. The summed E-state index contributed by atoms with van der Waals surface area (Å²) in [6, 6.07) is 9.43. The first-order valence-corrected chi connectivity index (χ1v) is 5.05. The van der Waals surface area contributed by atoms with Crippen LogP contribution in [0.2, 0.25) is 0 Å². The second kappa shape index (κ2) is 3.93. The Morgan fingerprint density at radius 3 is 2.57 bits per heavy atom. The van der Waals surface area contributed by atoms with Crippen LogP contribution in [0.1, 0.15) is 30.9 Å². The minimum atomic E-state index is -0.605. The fourth-order valence-electron chi connectivity index (χ4n) is 2.06. The van der Waals surface area contributed by atoms with Crippen LogP contribution in [0.5, 0.6) is 0 Å². The summed E-state index contributed by atoms with van der Waals surface area (Å²) >= 11 is 0. The monoisotopic (exact) mass is 190 g/mol. The lowest BCUT2D eigenvalue weighted by molar-refractivity contribution is -0.123. The molecule has 1 aliphatic rings. The van der Waals surface area contributed by atoms with Gasteiger partial charge in [0.25, 0.3) is 0 Å². The molecule has 1 aromatic carbocycles. The van der Waals surface area contributed by atoms with Crippen molar-refractivity contribution in [3.63, 3.8) is 0 Å². The maximum Gasteiger partial charge on any atom is 0.138 e. The maximum absolute atomic E-state index is 11.4. The van der Waals surface area contributed by atoms with Gasteiger partial charge in [-0.2, -0.15) is 0 Å². The largest absolute Gasteiger partial charge is 0.388 e. The number of benzene rings is 1. The number of ketones is 1. The third-order valence-electron chi connectivity index (χ3n) is 2.87. The van der Waals surface area contributed by atoms with Crippen LogP contribution < -0.4 is 0 Å². The molecule has 0 amide bonds. The van der Waals surface area contributed by atoms with Gasteiger partial charge in [0.05, 0.1) is 6.10 Å². The molecule has 1 aromatic rings. The van der Waals surface area contributed by atoms with Crippen molar-refractivity contribution in [2.24, 2.45) is 5.92 Å². The van der Waals surface area contributed by atoms with Crippen molar-refractivity contribution in [2.45, 2.75) is 25.4 Å². The molecule has 1 N–H and O–H groups in total. The summed E-state index contributed by atoms with van der Waals surface area (Å²) in [5.41, 5.74) is 0.854. The van der Waals surface area contributed by atoms with Crippen molar-refractivity contribution in [3.8, 4) is 0 Å². The Bertz CT molecular complexity index is 318. The molecule has 0 spiro atoms. The van der Waals surface area contributed by atoms with E-state index in [-0.39, 0.29) is 11.7 Å². The Hall–Kier alpha value is -1.15. The van der Waals surface area contributed by atoms with Gasteiger partial charge >= 0.3 is 0 Å². The van der Waals surface area contributed by atoms with E-state index in [1.54, 1.807) is 0 Å². The summed E-state index contributed by atoms with van der Waals surface area (Å²) in [6.45, 7) is 0. The predicted molar refractivity (Wildman–Crippen MR) is 53.7 cm³/mol. The van der Waals surface area contributed by atoms with Gasteiger partial charge in [0, 0.05) is 12.3 Å². The zero-order chi connectivity index (χ0) is 9.97. The van der Waals surface area contributed by atoms with Gasteiger partial charge in [0.2, 0.25) is 0 Å². The molecule has 0 aromatic heterocycles. The minimum absolute atomic E-state index is 0.169. The van der Waals surface area contributed by atoms with Gasteiger partial charge in [-0.05, 0) is 18.4 Å². The van der Waals surface area contributed by atoms with Crippen LogP contribution in [-0.4, -0.2) is 10.9 Å². The van der Waals surface area contributed by atoms with Gasteiger partial charge in [-0.15, -0.1) is 0 Å². The second-order valence-electron chi connectivity index (χ2n) is 3.82. The number of carbonyl (C=O) groups excluding carboxylic acids is 1. The maximum atomic E-state index is 11.4. The van der Waals surface area contributed by atoms with E-state index in [0.29, 0.717) is 6.42 Å². The van der Waals surface area contributed by atoms with Crippen LogP contribution in [0.3, 0.4) is 0 Å². The summed E-state index contributed by atoms with van der Waals surface area (Å²) in [5, 5.41) is 9.97. The molecule has 1 saturated carbocycles. The van der Waals surface area contributed by atoms with E-state index < -0.39 is 6.10 Å². The fraction of sp³-hybridized carbons (Fsp3) is 0.417. The SMILES string of the molecule is O=C1CCC[C@@H]1[C@@H](O)c1ccccc1. The second-order valence-corrected chi connectivity index (χ2v) is 3.82. The number of rotatable bonds is 2. The first-order valence-electron chi connectivity index (χ1n) is 5.05. The van der Waals surface area contributed by atoms with Crippen molar-refractivity contribution in [2.75, 3.05) is 0 Å². The van der Waals surface area contributed by atoms with E-state index in [1.807, 2.05) is 30.3 Å². The molecule has 74 valence electrons. The zero-order valence-corrected chi connectivity index (χ0v) is 8.02. The van der Waals surface area contributed by atoms with Crippen molar-refractivity contribution in [1.82, 2.24) is 0 Å². The van der Waals surface area contributed by atoms with E-state index in [1.165, 1.54) is 0 Å². The minimum Gasteiger partial charge on any atom is -0.388 e. The normalized spacial score (nSPS) is 23.8. The molecule has 14 heavy (non-hydrogen) atoms. The third kappa shape index (κ3) is 1.70. The molecule has 0 heterocycles. The van der Waals surface area contributed by atoms with Gasteiger partial charge < -0.3 is 5.11 Å². The molecule has 2 rings (SSSR count). The molecule has 2 heteroatoms. The molecule has 0 aliphatic heterocycles. The lowest BCUT2D eigenvalue weighted by Crippen LogP contribution is -2.16. The van der Waals surface area contributed by atoms with Crippen molar-refractivity contribution < 1.29 is 9.90 Å². The highest BCUT2D eigenvalue weighted by Gasteiger charge is 2.31. The Morgan fingerprint density at radius 2 is 2.00 bits per heavy atom. The van der Waals surface area contributed by atoms with Crippen molar-refractivity contribution in [3.05, 3.63) is 35.9 Å². The number of aliphatic hydroxyl groups excluding tert-OH is 1. The molecule has 0 unspecified atom stereocenters. The summed E-state index contributed by atoms with van der Waals surface area (Å²) in [5.74, 6) is 0.0405. The van der Waals surface area contributed by atoms with Gasteiger partial charge in [-0.1, -0.05) is 30.3 Å². The number of hydrogen-bond acceptors (Lipinski definition) is 2. The van der Waals surface area contributed by atoms with Gasteiger partial charge in [-0.25, -0.2) is 0 Å². The van der Waals surface area contributed by atoms with Gasteiger partial charge in [0.1, 0.15) is 5.78 Å². The Kier molecular flexibility index (Phi) is 2.64. The summed E-state index contributed by atoms with van der Waals surface area (Å²) in [7, 11) is 0. The van der Waals surface area contributed by atoms with E-state index in [9.17, 15) is 9.90 Å². The van der Waals surface area contributed by atoms with Crippen LogP contribution in [0.15, 0.2) is 30.3 Å². The lowest BCUT2D eigenvalue weighted by Gasteiger charge is -2.16. The molecule has 0 bridgehead atoms. The van der Waals surface area contributed by atoms with E-state index >= 15 is 0 Å². The average molecular weight is 190 g/mol. The molecule has 0 radical (unpaired) electrons. The van der Waals surface area contributed by atoms with Crippen LogP contribution in [0, 0.1) is 5.92 Å². The third-order valence-corrected chi connectivity index (χ3v) is 2.87. The van der Waals surface area contributed by atoms with Crippen LogP contribution >= 0.6 is 0 Å². The molecule has 0 saturated heterocycles. The number of aliphatic hydroxyl groups is 1. The van der Waals surface area contributed by atoms with Crippen LogP contribution in [0.25, 0.3) is 0 Å². The highest BCUT2D eigenvalue weighted by atomic mass is 16.3. The van der Waals surface area contributed by atoms with Gasteiger partial charge in [0.15, 0.2) is 0 Å². The number of Topliss-reactive ketones (excluding diaryl/α,β-unsaturated/α-hetero) is 1. The molecule has 1 aliphatic carbocycles. The molecule has 1 fully saturated rings. The highest BCUT2D eigenvalue weighted by molar-refractivity contribution is 5.83. The zero-order valence-electron chi connectivity index (χ0n) is 8.02. The topological polar surface area (TPSA) is 37.3 Å². The number of hydrogen-bond donors (Lipinski definition) is 1. The molecular weight excluding hydrogens is 176 g/mol. The smallest absolute Gasteiger partial charge is 0.138 e. The first kappa shape index (κ1) is 9.41. The van der Waals surface area contributed by atoms with E-state index in [0.717, 1.165) is 18.4 Å². The van der Waals surface area contributed by atoms with Crippen molar-refractivity contribution in [1.29, 1.82) is 0 Å². The molecule has 2 nitrogen and oxygen atoms in total. The lowest BCUT2D eigenvalue weighted by atomic mass is 9.94. The number of carbonyl (C=O) groups is 1. The molecular formula is C12H14O2. The average Bonchev–Trinajstić information content (AvgIpc) is 2.65. The summed E-state index contributed by atoms with van der Waals surface area (Å²) < 4.78 is 0. The standard InChI is InChI=1S/C12H14O2/c13-11-8-4-7-10(11)12(14)9-5-2-1-3-6-9/h1-3,5-6,10,12,14H,4,7-8H2/t10-,12-/m0/s1. The van der Waals surface area contributed by atoms with E-state index in [4.69, 9.17) is 0 Å². The van der Waals surface area contributed by atoms with E-state index in [2.05, 4.69) is 0 Å². The van der Waals surface area contributed by atoms with Gasteiger partial charge in [-0.3, -0.25) is 4.79 Å². The van der Waals surface area contributed by atoms with Crippen LogP contribution in [-0.2, 0) is 4.79 Å². The quantitative estimate of drug-likeness (QED) is 0.775. The summed E-state index contributed by atoms with van der Waals surface area (Å²) in [6.07, 6.45) is 1.78. The highest BCUT2D eigenvalue weighted by Crippen LogP contribution is 2.32. The Morgan fingerprint density at radius 1 is 1.29 bits per heavy atom. The Balaban J connectivity index is 2.16. The Labute approximate surface area is 83.6 Å². The summed E-state index contributed by atoms with van der Waals surface area (Å²) in [4.78, 5) is 11.4. The van der Waals surface area contributed by atoms with Crippen LogP contribution in [0.4, 0.5) is 0 Å². The molecule has 2 atom stereocenters.